The van der Waals surface area contributed by atoms with Crippen LogP contribution in [0, 0.1) is 18.8 Å². The number of nitrogens with two attached hydrogens (primary N) is 1. The Morgan fingerprint density at radius 2 is 2.41 bits per heavy atom. The molecule has 0 bridgehead atoms. The minimum Gasteiger partial charge on any atom is -0.475 e. The third-order valence-corrected chi connectivity index (χ3v) is 4.63. The van der Waals surface area contributed by atoms with Gasteiger partial charge in [-0.3, -0.25) is 4.79 Å². The summed E-state index contributed by atoms with van der Waals surface area (Å²) >= 11 is 0. The second-order valence-corrected chi connectivity index (χ2v) is 7.11. The van der Waals surface area contributed by atoms with Gasteiger partial charge < -0.3 is 21.1 Å². The molecule has 1 aliphatic heterocycles. The number of nitrogens with one attached hydrogen (secondary N) is 2. The zero-order valence-corrected chi connectivity index (χ0v) is 13.3. The Kier molecular flexibility index (Phi) is 3.61. The smallest absolute Gasteiger partial charge is 0.225 e. The van der Waals surface area contributed by atoms with E-state index >= 15 is 0 Å². The van der Waals surface area contributed by atoms with Crippen molar-refractivity contribution in [3.05, 3.63) is 23.9 Å². The lowest BCUT2D eigenvalue weighted by atomic mass is 10.1. The van der Waals surface area contributed by atoms with Crippen LogP contribution in [0.25, 0.3) is 0 Å². The molecule has 3 atom stereocenters. The van der Waals surface area contributed by atoms with E-state index in [1.807, 2.05) is 32.9 Å². The van der Waals surface area contributed by atoms with Crippen LogP contribution in [0.15, 0.2) is 18.3 Å². The van der Waals surface area contributed by atoms with E-state index in [1.165, 1.54) is 0 Å². The Morgan fingerprint density at radius 1 is 1.64 bits per heavy atom. The average molecular weight is 304 g/mol. The third kappa shape index (κ3) is 2.68. The molecule has 3 rings (SSSR count). The van der Waals surface area contributed by atoms with Crippen LogP contribution in [0.5, 0.6) is 5.88 Å². The third-order valence-electron chi connectivity index (χ3n) is 4.63. The first-order valence-electron chi connectivity index (χ1n) is 7.69. The van der Waals surface area contributed by atoms with Crippen LogP contribution >= 0.6 is 0 Å². The van der Waals surface area contributed by atoms with E-state index in [1.54, 1.807) is 6.20 Å². The number of carbonyl (C=O) groups excluding carboxylic acids is 1. The predicted octanol–water partition coefficient (Wildman–Crippen LogP) is 0.210. The second kappa shape index (κ2) is 5.21. The van der Waals surface area contributed by atoms with Crippen molar-refractivity contribution >= 4 is 5.91 Å². The van der Waals surface area contributed by atoms with Gasteiger partial charge in [0.05, 0.1) is 11.5 Å². The van der Waals surface area contributed by atoms with Gasteiger partial charge in [0.2, 0.25) is 11.8 Å². The molecule has 3 unspecified atom stereocenters. The van der Waals surface area contributed by atoms with Gasteiger partial charge in [0.25, 0.3) is 0 Å². The Hall–Kier alpha value is -1.66. The number of aromatic nitrogens is 1. The van der Waals surface area contributed by atoms with Crippen LogP contribution in [0.1, 0.15) is 19.4 Å². The molecule has 0 radical (unpaired) electrons. The van der Waals surface area contributed by atoms with Crippen LogP contribution in [0.2, 0.25) is 0 Å². The molecular weight excluding hydrogens is 280 g/mol. The Morgan fingerprint density at radius 3 is 3.05 bits per heavy atom. The van der Waals surface area contributed by atoms with Crippen molar-refractivity contribution in [1.29, 1.82) is 0 Å². The van der Waals surface area contributed by atoms with Gasteiger partial charge in [-0.25, -0.2) is 4.98 Å². The second-order valence-electron chi connectivity index (χ2n) is 7.11. The fourth-order valence-electron chi connectivity index (χ4n) is 3.28. The highest BCUT2D eigenvalue weighted by Gasteiger charge is 2.68. The van der Waals surface area contributed by atoms with E-state index in [0.717, 1.165) is 18.7 Å². The molecule has 22 heavy (non-hydrogen) atoms. The predicted molar refractivity (Wildman–Crippen MR) is 83.5 cm³/mol. The summed E-state index contributed by atoms with van der Waals surface area (Å²) in [5, 5.41) is 6.29. The number of fused-ring (bicyclic) bond motifs is 1. The van der Waals surface area contributed by atoms with Gasteiger partial charge in [0, 0.05) is 36.3 Å². The van der Waals surface area contributed by atoms with Gasteiger partial charge in [-0.1, -0.05) is 6.07 Å². The average Bonchev–Trinajstić information content (AvgIpc) is 2.84. The van der Waals surface area contributed by atoms with Gasteiger partial charge in [-0.15, -0.1) is 0 Å². The van der Waals surface area contributed by atoms with E-state index in [2.05, 4.69) is 15.6 Å². The van der Waals surface area contributed by atoms with Crippen molar-refractivity contribution in [2.45, 2.75) is 31.8 Å². The Balaban J connectivity index is 1.55. The monoisotopic (exact) mass is 304 g/mol. The number of hydrogen-bond donors (Lipinski definition) is 3. The van der Waals surface area contributed by atoms with Gasteiger partial charge in [-0.2, -0.15) is 0 Å². The Bertz CT molecular complexity index is 589. The molecule has 2 heterocycles. The summed E-state index contributed by atoms with van der Waals surface area (Å²) < 4.78 is 5.75. The summed E-state index contributed by atoms with van der Waals surface area (Å²) in [4.78, 5) is 16.6. The van der Waals surface area contributed by atoms with E-state index in [-0.39, 0.29) is 23.3 Å². The largest absolute Gasteiger partial charge is 0.475 e. The van der Waals surface area contributed by atoms with E-state index in [4.69, 9.17) is 10.5 Å². The quantitative estimate of drug-likeness (QED) is 0.723. The molecule has 1 aliphatic carbocycles. The molecule has 6 nitrogen and oxygen atoms in total. The molecule has 1 aromatic heterocycles. The standard InChI is InChI=1S/C16H24N4O2/c1-10-5-4-6-19-14(10)22-9-15(2,3)20-13(21)12-11-7-18-8-16(11,12)17/h4-6,11-12,18H,7-9,17H2,1-3H3,(H,20,21). The van der Waals surface area contributed by atoms with Gasteiger partial charge in [-0.05, 0) is 26.8 Å². The van der Waals surface area contributed by atoms with Gasteiger partial charge >= 0.3 is 0 Å². The number of carbonyl (C=O) groups is 1. The van der Waals surface area contributed by atoms with Gasteiger partial charge in [0.1, 0.15) is 6.61 Å². The van der Waals surface area contributed by atoms with E-state index < -0.39 is 5.54 Å². The summed E-state index contributed by atoms with van der Waals surface area (Å²) in [5.41, 5.74) is 6.40. The van der Waals surface area contributed by atoms with Crippen molar-refractivity contribution in [3.63, 3.8) is 0 Å². The maximum Gasteiger partial charge on any atom is 0.225 e. The van der Waals surface area contributed by atoms with Crippen molar-refractivity contribution in [3.8, 4) is 5.88 Å². The summed E-state index contributed by atoms with van der Waals surface area (Å²) in [7, 11) is 0. The number of rotatable bonds is 5. The first-order valence-corrected chi connectivity index (χ1v) is 7.69. The number of piperidine rings is 1. The molecule has 1 saturated heterocycles. The minimum absolute atomic E-state index is 0.0281. The molecule has 1 amide bonds. The van der Waals surface area contributed by atoms with Crippen LogP contribution in [0.4, 0.5) is 0 Å². The van der Waals surface area contributed by atoms with E-state index in [9.17, 15) is 4.79 Å². The molecule has 120 valence electrons. The molecule has 0 aromatic carbocycles. The number of amides is 1. The molecule has 6 heteroatoms. The zero-order valence-electron chi connectivity index (χ0n) is 13.3. The summed E-state index contributed by atoms with van der Waals surface area (Å²) in [6, 6.07) is 3.82. The number of ether oxygens (including phenoxy) is 1. The van der Waals surface area contributed by atoms with Crippen LogP contribution in [-0.2, 0) is 4.79 Å². The summed E-state index contributed by atoms with van der Waals surface area (Å²) in [6.45, 7) is 7.76. The highest BCUT2D eigenvalue weighted by Crippen LogP contribution is 2.50. The van der Waals surface area contributed by atoms with Gasteiger partial charge in [0.15, 0.2) is 0 Å². The lowest BCUT2D eigenvalue weighted by Crippen LogP contribution is -2.50. The highest BCUT2D eigenvalue weighted by atomic mass is 16.5. The van der Waals surface area contributed by atoms with Crippen molar-refractivity contribution in [1.82, 2.24) is 15.6 Å². The maximum atomic E-state index is 12.4. The van der Waals surface area contributed by atoms with Crippen molar-refractivity contribution in [2.75, 3.05) is 19.7 Å². The highest BCUT2D eigenvalue weighted by molar-refractivity contribution is 5.85. The lowest BCUT2D eigenvalue weighted by Gasteiger charge is -2.27. The molecule has 2 aliphatic rings. The molecular formula is C16H24N4O2. The normalized spacial score (nSPS) is 29.8. The molecule has 1 aromatic rings. The van der Waals surface area contributed by atoms with Crippen LogP contribution < -0.4 is 21.1 Å². The maximum absolute atomic E-state index is 12.4. The minimum atomic E-state index is -0.471. The fraction of sp³-hybridized carbons (Fsp3) is 0.625. The Labute approximate surface area is 130 Å². The topological polar surface area (TPSA) is 89.3 Å². The SMILES string of the molecule is Cc1cccnc1OCC(C)(C)NC(=O)C1C2CNCC21N. The number of nitrogens with zero attached hydrogens (tertiary/aromatic N) is 1. The van der Waals surface area contributed by atoms with Crippen LogP contribution in [0.3, 0.4) is 0 Å². The number of hydrogen-bond acceptors (Lipinski definition) is 5. The zero-order chi connectivity index (χ0) is 16.0. The first kappa shape index (κ1) is 15.2. The molecule has 2 fully saturated rings. The summed E-state index contributed by atoms with van der Waals surface area (Å²) in [6.07, 6.45) is 1.70. The van der Waals surface area contributed by atoms with Crippen molar-refractivity contribution < 1.29 is 9.53 Å². The first-order chi connectivity index (χ1) is 10.3. The summed E-state index contributed by atoms with van der Waals surface area (Å²) in [5.74, 6) is 0.819. The molecule has 0 spiro atoms. The lowest BCUT2D eigenvalue weighted by molar-refractivity contribution is -0.125. The number of aryl methyl sites for hydroxylation is 1. The van der Waals surface area contributed by atoms with Crippen LogP contribution in [-0.4, -0.2) is 41.7 Å². The van der Waals surface area contributed by atoms with Crippen molar-refractivity contribution in [2.24, 2.45) is 17.6 Å². The molecule has 1 saturated carbocycles. The molecule has 4 N–H and O–H groups in total. The fourth-order valence-corrected chi connectivity index (χ4v) is 3.28. The number of pyridine rings is 1. The van der Waals surface area contributed by atoms with E-state index in [0.29, 0.717) is 12.5 Å².